The number of piperidine rings is 1. The first-order valence-electron chi connectivity index (χ1n) is 10.7. The average Bonchev–Trinajstić information content (AvgIpc) is 2.66. The maximum atomic E-state index is 12.3. The van der Waals surface area contributed by atoms with Gasteiger partial charge in [-0.2, -0.15) is 0 Å². The van der Waals surface area contributed by atoms with Gasteiger partial charge in [-0.25, -0.2) is 8.42 Å². The second-order valence-electron chi connectivity index (χ2n) is 9.15. The summed E-state index contributed by atoms with van der Waals surface area (Å²) in [6.45, 7) is 10.9. The van der Waals surface area contributed by atoms with Gasteiger partial charge in [0.05, 0.1) is 10.5 Å². The van der Waals surface area contributed by atoms with Crippen molar-refractivity contribution in [2.45, 2.75) is 51.4 Å². The van der Waals surface area contributed by atoms with E-state index in [0.717, 1.165) is 18.4 Å². The Kier molecular flexibility index (Phi) is 9.00. The fourth-order valence-electron chi connectivity index (χ4n) is 4.39. The molecule has 6 nitrogen and oxygen atoms in total. The van der Waals surface area contributed by atoms with E-state index in [2.05, 4.69) is 51.3 Å². The molecule has 1 unspecified atom stereocenters. The van der Waals surface area contributed by atoms with E-state index in [1.807, 2.05) is 0 Å². The van der Waals surface area contributed by atoms with Crippen LogP contribution in [0.1, 0.15) is 44.7 Å². The Labute approximate surface area is 199 Å². The summed E-state index contributed by atoms with van der Waals surface area (Å²) in [5.74, 6) is 1.71. The number of nitrogens with one attached hydrogen (secondary N) is 1. The van der Waals surface area contributed by atoms with Gasteiger partial charge in [0.15, 0.2) is 15.8 Å². The topological polar surface area (TPSA) is 65.0 Å². The van der Waals surface area contributed by atoms with Gasteiger partial charge in [0.1, 0.15) is 0 Å². The van der Waals surface area contributed by atoms with Gasteiger partial charge in [0.2, 0.25) is 0 Å². The van der Waals surface area contributed by atoms with Crippen LogP contribution in [-0.2, 0) is 22.9 Å². The van der Waals surface area contributed by atoms with E-state index < -0.39 is 14.6 Å². The van der Waals surface area contributed by atoms with Gasteiger partial charge < -0.3 is 10.2 Å². The minimum atomic E-state index is -3.06. The van der Waals surface area contributed by atoms with Gasteiger partial charge >= 0.3 is 0 Å². The summed E-state index contributed by atoms with van der Waals surface area (Å²) in [7, 11) is -1.30. The molecular weight excluding hydrogens is 511 g/mol. The third-order valence-corrected chi connectivity index (χ3v) is 8.78. The maximum Gasteiger partial charge on any atom is 0.193 e. The molecule has 1 aromatic rings. The van der Waals surface area contributed by atoms with Crippen molar-refractivity contribution in [2.75, 3.05) is 39.0 Å². The fraction of sp³-hybridized carbons (Fsp3) is 0.682. The Bertz CT molecular complexity index is 841. The first kappa shape index (κ1) is 25.4. The Morgan fingerprint density at radius 1 is 1.23 bits per heavy atom. The average molecular weight is 549 g/mol. The summed E-state index contributed by atoms with van der Waals surface area (Å²) in [5, 5.41) is 3.47. The molecule has 2 aliphatic rings. The predicted octanol–water partition coefficient (Wildman–Crippen LogP) is 3.12. The van der Waals surface area contributed by atoms with Crippen LogP contribution in [0, 0.1) is 5.92 Å². The predicted molar refractivity (Wildman–Crippen MR) is 135 cm³/mol. The minimum absolute atomic E-state index is 0. The van der Waals surface area contributed by atoms with Crippen LogP contribution in [0.25, 0.3) is 0 Å². The van der Waals surface area contributed by atoms with Crippen molar-refractivity contribution in [1.29, 1.82) is 0 Å². The molecule has 0 amide bonds. The highest BCUT2D eigenvalue weighted by Gasteiger charge is 2.40. The van der Waals surface area contributed by atoms with Gasteiger partial charge in [-0.05, 0) is 50.3 Å². The lowest BCUT2D eigenvalue weighted by Crippen LogP contribution is -2.57. The van der Waals surface area contributed by atoms with E-state index >= 15 is 0 Å². The van der Waals surface area contributed by atoms with Crippen LogP contribution in [0.5, 0.6) is 0 Å². The number of nitrogens with zero attached hydrogens (tertiary/aromatic N) is 3. The number of guanidine groups is 1. The molecule has 0 bridgehead atoms. The van der Waals surface area contributed by atoms with Gasteiger partial charge in [0, 0.05) is 39.8 Å². The lowest BCUT2D eigenvalue weighted by molar-refractivity contribution is 0.176. The third kappa shape index (κ3) is 6.09. The zero-order chi connectivity index (χ0) is 21.1. The molecule has 2 saturated heterocycles. The van der Waals surface area contributed by atoms with E-state index in [9.17, 15) is 8.42 Å². The van der Waals surface area contributed by atoms with Crippen molar-refractivity contribution in [2.24, 2.45) is 10.9 Å². The fourth-order valence-corrected chi connectivity index (χ4v) is 5.75. The van der Waals surface area contributed by atoms with E-state index in [-0.39, 0.29) is 29.7 Å². The molecule has 0 radical (unpaired) electrons. The van der Waals surface area contributed by atoms with Crippen LogP contribution < -0.4 is 5.32 Å². The Hall–Kier alpha value is -0.870. The first-order valence-corrected chi connectivity index (χ1v) is 12.3. The quantitative estimate of drug-likeness (QED) is 0.356. The third-order valence-electron chi connectivity index (χ3n) is 6.25. The summed E-state index contributed by atoms with van der Waals surface area (Å²) >= 11 is 0. The van der Waals surface area contributed by atoms with Gasteiger partial charge in [-0.15, -0.1) is 24.0 Å². The Morgan fingerprint density at radius 3 is 2.57 bits per heavy atom. The highest BCUT2D eigenvalue weighted by molar-refractivity contribution is 14.0. The van der Waals surface area contributed by atoms with Crippen molar-refractivity contribution < 1.29 is 8.42 Å². The molecule has 0 saturated carbocycles. The summed E-state index contributed by atoms with van der Waals surface area (Å²) in [6, 6.07) is 8.58. The van der Waals surface area contributed by atoms with E-state index in [4.69, 9.17) is 0 Å². The number of hydrogen-bond acceptors (Lipinski definition) is 4. The molecule has 0 aromatic heterocycles. The smallest absolute Gasteiger partial charge is 0.193 e. The minimum Gasteiger partial charge on any atom is -0.352 e. The van der Waals surface area contributed by atoms with Crippen molar-refractivity contribution >= 4 is 39.8 Å². The van der Waals surface area contributed by atoms with Crippen LogP contribution in [0.4, 0.5) is 0 Å². The van der Waals surface area contributed by atoms with Crippen molar-refractivity contribution in [1.82, 2.24) is 15.1 Å². The molecule has 1 aromatic carbocycles. The molecule has 30 heavy (non-hydrogen) atoms. The van der Waals surface area contributed by atoms with Crippen LogP contribution in [-0.4, -0.2) is 67.9 Å². The summed E-state index contributed by atoms with van der Waals surface area (Å²) in [5.41, 5.74) is 2.63. The second-order valence-corrected chi connectivity index (χ2v) is 11.9. The van der Waals surface area contributed by atoms with E-state index in [0.29, 0.717) is 19.6 Å². The van der Waals surface area contributed by atoms with Crippen LogP contribution >= 0.6 is 24.0 Å². The Balaban J connectivity index is 0.00000320. The standard InChI is InChI=1S/C22H36N4O2S.HI/c1-18-8-7-11-25(15-18)16-20-10-6-5-9-19(20)14-24-21(23-4)26-12-13-29(27,28)22(2,3)17-26;/h5-6,9-10,18H,7-8,11-17H2,1-4H3,(H,23,24);1H. The zero-order valence-electron chi connectivity index (χ0n) is 18.7. The van der Waals surface area contributed by atoms with Gasteiger partial charge in [-0.3, -0.25) is 9.89 Å². The molecule has 8 heteroatoms. The zero-order valence-corrected chi connectivity index (χ0v) is 21.9. The molecule has 0 aliphatic carbocycles. The number of rotatable bonds is 4. The number of hydrogen-bond donors (Lipinski definition) is 1. The number of halogens is 1. The second kappa shape index (κ2) is 10.6. The van der Waals surface area contributed by atoms with Crippen molar-refractivity contribution in [3.05, 3.63) is 35.4 Å². The molecule has 3 rings (SSSR count). The van der Waals surface area contributed by atoms with Crippen molar-refractivity contribution in [3.63, 3.8) is 0 Å². The Morgan fingerprint density at radius 2 is 1.93 bits per heavy atom. The number of likely N-dealkylation sites (tertiary alicyclic amines) is 1. The molecule has 2 fully saturated rings. The molecule has 1 N–H and O–H groups in total. The van der Waals surface area contributed by atoms with Crippen LogP contribution in [0.2, 0.25) is 0 Å². The van der Waals surface area contributed by atoms with Crippen LogP contribution in [0.15, 0.2) is 29.3 Å². The number of benzene rings is 1. The molecule has 2 aliphatic heterocycles. The first-order chi connectivity index (χ1) is 13.7. The molecule has 1 atom stereocenters. The largest absolute Gasteiger partial charge is 0.352 e. The van der Waals surface area contributed by atoms with Crippen molar-refractivity contribution in [3.8, 4) is 0 Å². The summed E-state index contributed by atoms with van der Waals surface area (Å²) in [4.78, 5) is 9.04. The number of aliphatic imine (C=N–C) groups is 1. The van der Waals surface area contributed by atoms with Gasteiger partial charge in [0.25, 0.3) is 0 Å². The molecule has 170 valence electrons. The van der Waals surface area contributed by atoms with Gasteiger partial charge in [-0.1, -0.05) is 31.2 Å². The molecular formula is C22H37IN4O2S. The number of sulfone groups is 1. The summed E-state index contributed by atoms with van der Waals surface area (Å²) < 4.78 is 23.9. The van der Waals surface area contributed by atoms with E-state index in [1.54, 1.807) is 20.9 Å². The summed E-state index contributed by atoms with van der Waals surface area (Å²) in [6.07, 6.45) is 2.61. The van der Waals surface area contributed by atoms with Crippen LogP contribution in [0.3, 0.4) is 0 Å². The monoisotopic (exact) mass is 548 g/mol. The normalized spacial score (nSPS) is 24.2. The molecule has 0 spiro atoms. The highest BCUT2D eigenvalue weighted by atomic mass is 127. The maximum absolute atomic E-state index is 12.3. The lowest BCUT2D eigenvalue weighted by atomic mass is 9.99. The lowest BCUT2D eigenvalue weighted by Gasteiger charge is -2.39. The van der Waals surface area contributed by atoms with E-state index in [1.165, 1.54) is 37.1 Å². The SMILES string of the molecule is CN=C(NCc1ccccc1CN1CCCC(C)C1)N1CCS(=O)(=O)C(C)(C)C1.I. The molecule has 2 heterocycles. The highest BCUT2D eigenvalue weighted by Crippen LogP contribution is 2.24.